The summed E-state index contributed by atoms with van der Waals surface area (Å²) in [5.74, 6) is 0.300. The first-order valence-electron chi connectivity index (χ1n) is 12.5. The highest BCUT2D eigenvalue weighted by atomic mass is 32.1. The Morgan fingerprint density at radius 3 is 2.84 bits per heavy atom. The van der Waals surface area contributed by atoms with E-state index in [4.69, 9.17) is 18.9 Å². The third kappa shape index (κ3) is 5.61. The van der Waals surface area contributed by atoms with Gasteiger partial charge in [-0.15, -0.1) is 11.3 Å². The van der Waals surface area contributed by atoms with E-state index in [1.165, 1.54) is 15.8 Å². The summed E-state index contributed by atoms with van der Waals surface area (Å²) < 4.78 is 36.0. The minimum Gasteiger partial charge on any atom is -0.488 e. The van der Waals surface area contributed by atoms with Gasteiger partial charge in [0.25, 0.3) is 5.91 Å². The van der Waals surface area contributed by atoms with E-state index in [0.717, 1.165) is 5.56 Å². The topological polar surface area (TPSA) is 77.5 Å². The Morgan fingerprint density at radius 2 is 2.00 bits per heavy atom. The maximum absolute atomic E-state index is 14.2. The SMILES string of the molecule is COCCCN(CC(=O)N1CCc2sccc2[C@@H]1COc1ccccc1F)C(=O)c1ccc2c(c1)OCO2. The van der Waals surface area contributed by atoms with Gasteiger partial charge >= 0.3 is 0 Å². The van der Waals surface area contributed by atoms with Gasteiger partial charge in [-0.1, -0.05) is 12.1 Å². The predicted octanol–water partition coefficient (Wildman–Crippen LogP) is 4.30. The van der Waals surface area contributed by atoms with E-state index >= 15 is 0 Å². The Kier molecular flexibility index (Phi) is 8.09. The van der Waals surface area contributed by atoms with Crippen LogP contribution >= 0.6 is 11.3 Å². The highest BCUT2D eigenvalue weighted by molar-refractivity contribution is 7.10. The number of nitrogens with zero attached hydrogens (tertiary/aromatic N) is 2. The molecule has 2 aliphatic heterocycles. The molecule has 0 spiro atoms. The first-order valence-corrected chi connectivity index (χ1v) is 13.3. The highest BCUT2D eigenvalue weighted by Crippen LogP contribution is 2.35. The van der Waals surface area contributed by atoms with E-state index in [0.29, 0.717) is 49.6 Å². The smallest absolute Gasteiger partial charge is 0.254 e. The second-order valence-electron chi connectivity index (χ2n) is 9.03. The summed E-state index contributed by atoms with van der Waals surface area (Å²) in [4.78, 5) is 31.7. The number of rotatable bonds is 10. The van der Waals surface area contributed by atoms with Crippen LogP contribution in [0.5, 0.6) is 17.2 Å². The van der Waals surface area contributed by atoms with Crippen molar-refractivity contribution in [3.8, 4) is 17.2 Å². The molecule has 5 rings (SSSR count). The van der Waals surface area contributed by atoms with Crippen molar-refractivity contribution in [3.05, 3.63) is 75.7 Å². The maximum atomic E-state index is 14.2. The largest absolute Gasteiger partial charge is 0.488 e. The number of hydrogen-bond donors (Lipinski definition) is 0. The molecule has 0 saturated carbocycles. The molecule has 2 aromatic carbocycles. The summed E-state index contributed by atoms with van der Waals surface area (Å²) >= 11 is 1.64. The lowest BCUT2D eigenvalue weighted by Crippen LogP contribution is -2.48. The van der Waals surface area contributed by atoms with Crippen LogP contribution in [-0.2, 0) is 16.0 Å². The van der Waals surface area contributed by atoms with E-state index in [-0.39, 0.29) is 37.5 Å². The lowest BCUT2D eigenvalue weighted by molar-refractivity contribution is -0.135. The molecule has 2 amide bonds. The summed E-state index contributed by atoms with van der Waals surface area (Å²) in [5.41, 5.74) is 1.41. The van der Waals surface area contributed by atoms with E-state index in [1.807, 2.05) is 11.4 Å². The maximum Gasteiger partial charge on any atom is 0.254 e. The second kappa shape index (κ2) is 11.8. The Balaban J connectivity index is 1.34. The molecule has 3 aromatic rings. The number of para-hydroxylation sites is 1. The van der Waals surface area contributed by atoms with Crippen LogP contribution in [0.4, 0.5) is 4.39 Å². The number of hydrogen-bond acceptors (Lipinski definition) is 7. The van der Waals surface area contributed by atoms with Crippen molar-refractivity contribution < 1.29 is 32.9 Å². The van der Waals surface area contributed by atoms with Gasteiger partial charge in [0.2, 0.25) is 12.7 Å². The van der Waals surface area contributed by atoms with Gasteiger partial charge in [0.1, 0.15) is 13.2 Å². The minimum atomic E-state index is -0.453. The molecule has 38 heavy (non-hydrogen) atoms. The summed E-state index contributed by atoms with van der Waals surface area (Å²) in [6.45, 7) is 1.41. The molecule has 0 N–H and O–H groups in total. The number of benzene rings is 2. The van der Waals surface area contributed by atoms with Crippen LogP contribution in [0, 0.1) is 5.82 Å². The van der Waals surface area contributed by atoms with Gasteiger partial charge in [0, 0.05) is 37.2 Å². The fourth-order valence-electron chi connectivity index (χ4n) is 4.72. The minimum absolute atomic E-state index is 0.105. The van der Waals surface area contributed by atoms with Gasteiger partial charge in [0.15, 0.2) is 23.1 Å². The average molecular weight is 541 g/mol. The Bertz CT molecular complexity index is 1300. The van der Waals surface area contributed by atoms with Crippen LogP contribution < -0.4 is 14.2 Å². The number of methoxy groups -OCH3 is 1. The molecule has 10 heteroatoms. The molecular formula is C28H29FN2O6S. The molecule has 8 nitrogen and oxygen atoms in total. The molecule has 1 aromatic heterocycles. The fourth-order valence-corrected chi connectivity index (χ4v) is 5.65. The first-order chi connectivity index (χ1) is 18.5. The number of carbonyl (C=O) groups is 2. The number of thiophene rings is 1. The zero-order valence-corrected chi connectivity index (χ0v) is 21.9. The molecule has 0 saturated heterocycles. The van der Waals surface area contributed by atoms with Crippen LogP contribution in [0.15, 0.2) is 53.9 Å². The quantitative estimate of drug-likeness (QED) is 0.357. The van der Waals surface area contributed by atoms with Gasteiger partial charge in [-0.25, -0.2) is 4.39 Å². The summed E-state index contributed by atoms with van der Waals surface area (Å²) in [6, 6.07) is 12.8. The average Bonchev–Trinajstić information content (AvgIpc) is 3.60. The van der Waals surface area contributed by atoms with Crippen LogP contribution in [0.3, 0.4) is 0 Å². The van der Waals surface area contributed by atoms with Crippen molar-refractivity contribution in [2.24, 2.45) is 0 Å². The van der Waals surface area contributed by atoms with Crippen LogP contribution in [0.25, 0.3) is 0 Å². The van der Waals surface area contributed by atoms with Gasteiger partial charge in [0.05, 0.1) is 6.04 Å². The number of halogens is 1. The van der Waals surface area contributed by atoms with E-state index in [2.05, 4.69) is 0 Å². The number of amides is 2. The summed E-state index contributed by atoms with van der Waals surface area (Å²) in [6.07, 6.45) is 1.29. The van der Waals surface area contributed by atoms with Gasteiger partial charge in [-0.3, -0.25) is 9.59 Å². The zero-order chi connectivity index (χ0) is 26.5. The Morgan fingerprint density at radius 1 is 1.16 bits per heavy atom. The molecule has 1 atom stereocenters. The summed E-state index contributed by atoms with van der Waals surface area (Å²) in [5, 5.41) is 1.99. The fraction of sp³-hybridized carbons (Fsp3) is 0.357. The molecule has 0 radical (unpaired) electrons. The molecule has 3 heterocycles. The van der Waals surface area contributed by atoms with E-state index < -0.39 is 11.9 Å². The molecule has 2 aliphatic rings. The number of ether oxygens (including phenoxy) is 4. The van der Waals surface area contributed by atoms with Crippen molar-refractivity contribution in [1.82, 2.24) is 9.80 Å². The van der Waals surface area contributed by atoms with Gasteiger partial charge < -0.3 is 28.7 Å². The molecule has 0 fully saturated rings. The van der Waals surface area contributed by atoms with Crippen molar-refractivity contribution >= 4 is 23.2 Å². The van der Waals surface area contributed by atoms with Crippen LogP contribution in [0.2, 0.25) is 0 Å². The van der Waals surface area contributed by atoms with Gasteiger partial charge in [-0.2, -0.15) is 0 Å². The second-order valence-corrected chi connectivity index (χ2v) is 10.0. The zero-order valence-electron chi connectivity index (χ0n) is 21.1. The number of carbonyl (C=O) groups excluding carboxylic acids is 2. The molecule has 0 unspecified atom stereocenters. The lowest BCUT2D eigenvalue weighted by atomic mass is 10.0. The third-order valence-corrected chi connectivity index (χ3v) is 7.65. The summed E-state index contributed by atoms with van der Waals surface area (Å²) in [7, 11) is 1.60. The Hall–Kier alpha value is -3.63. The number of fused-ring (bicyclic) bond motifs is 2. The van der Waals surface area contributed by atoms with E-state index in [9.17, 15) is 14.0 Å². The van der Waals surface area contributed by atoms with Crippen molar-refractivity contribution in [3.63, 3.8) is 0 Å². The molecular weight excluding hydrogens is 511 g/mol. The normalized spacial score (nSPS) is 15.7. The molecule has 200 valence electrons. The highest BCUT2D eigenvalue weighted by Gasteiger charge is 2.34. The predicted molar refractivity (Wildman–Crippen MR) is 139 cm³/mol. The monoisotopic (exact) mass is 540 g/mol. The van der Waals surface area contributed by atoms with Crippen molar-refractivity contribution in [2.75, 3.05) is 46.8 Å². The van der Waals surface area contributed by atoms with Gasteiger partial charge in [-0.05, 0) is 60.2 Å². The standard InChI is InChI=1S/C28H29FN2O6S/c1-34-13-4-11-30(28(33)19-7-8-24-25(15-19)37-18-36-24)16-27(32)31-12-9-26-20(10-14-38-26)22(31)17-35-23-6-3-2-5-21(23)29/h2-3,5-8,10,14-15,22H,4,9,11-13,16-18H2,1H3/t22-/m0/s1. The molecule has 0 aliphatic carbocycles. The van der Waals surface area contributed by atoms with Crippen molar-refractivity contribution in [1.29, 1.82) is 0 Å². The first kappa shape index (κ1) is 26.0. The third-order valence-electron chi connectivity index (χ3n) is 6.66. The van der Waals surface area contributed by atoms with Crippen LogP contribution in [0.1, 0.15) is 33.3 Å². The van der Waals surface area contributed by atoms with Crippen molar-refractivity contribution in [2.45, 2.75) is 18.9 Å². The molecule has 0 bridgehead atoms. The lowest BCUT2D eigenvalue weighted by Gasteiger charge is -2.37. The Labute approximate surface area is 224 Å². The van der Waals surface area contributed by atoms with Crippen LogP contribution in [-0.4, -0.2) is 68.4 Å². The van der Waals surface area contributed by atoms with E-state index in [1.54, 1.807) is 59.7 Å².